The summed E-state index contributed by atoms with van der Waals surface area (Å²) < 4.78 is 25.2. The molecule has 0 saturated carbocycles. The third kappa shape index (κ3) is 4.75. The van der Waals surface area contributed by atoms with Crippen LogP contribution in [-0.4, -0.2) is 60.6 Å². The Balaban J connectivity index is 1.55. The van der Waals surface area contributed by atoms with Gasteiger partial charge in [0, 0.05) is 32.9 Å². The van der Waals surface area contributed by atoms with Gasteiger partial charge in [0.05, 0.1) is 16.0 Å². The van der Waals surface area contributed by atoms with Crippen LogP contribution < -0.4 is 4.90 Å². The third-order valence-electron chi connectivity index (χ3n) is 5.72. The van der Waals surface area contributed by atoms with Crippen LogP contribution in [-0.2, 0) is 21.2 Å². The summed E-state index contributed by atoms with van der Waals surface area (Å²) in [6, 6.07) is 19.5. The SMILES string of the molecule is CN(C(=O)C1CN(Cc2ccccc2)CC1S(=O)(=O)CO)c1ncc(-c2ccccc2)s1. The van der Waals surface area contributed by atoms with Gasteiger partial charge in [0.1, 0.15) is 5.94 Å². The van der Waals surface area contributed by atoms with Crippen molar-refractivity contribution >= 4 is 32.2 Å². The number of anilines is 1. The van der Waals surface area contributed by atoms with E-state index < -0.39 is 26.9 Å². The smallest absolute Gasteiger partial charge is 0.234 e. The fourth-order valence-electron chi connectivity index (χ4n) is 4.02. The predicted octanol–water partition coefficient (Wildman–Crippen LogP) is 2.64. The van der Waals surface area contributed by atoms with E-state index in [4.69, 9.17) is 0 Å². The largest absolute Gasteiger partial charge is 0.380 e. The lowest BCUT2D eigenvalue weighted by molar-refractivity contribution is -0.121. The molecular weight excluding hydrogens is 446 g/mol. The summed E-state index contributed by atoms with van der Waals surface area (Å²) in [7, 11) is -2.20. The third-order valence-corrected chi connectivity index (χ3v) is 8.60. The molecule has 2 heterocycles. The van der Waals surface area contributed by atoms with Gasteiger partial charge in [0.2, 0.25) is 5.91 Å². The molecule has 0 radical (unpaired) electrons. The lowest BCUT2D eigenvalue weighted by Crippen LogP contribution is -2.42. The van der Waals surface area contributed by atoms with Crippen LogP contribution in [0.3, 0.4) is 0 Å². The number of hydrogen-bond acceptors (Lipinski definition) is 7. The molecule has 1 fully saturated rings. The van der Waals surface area contributed by atoms with E-state index in [0.29, 0.717) is 18.2 Å². The summed E-state index contributed by atoms with van der Waals surface area (Å²) in [5.41, 5.74) is 2.05. The van der Waals surface area contributed by atoms with Crippen LogP contribution in [0.5, 0.6) is 0 Å². The van der Waals surface area contributed by atoms with Gasteiger partial charge in [-0.25, -0.2) is 13.4 Å². The molecule has 2 unspecified atom stereocenters. The highest BCUT2D eigenvalue weighted by molar-refractivity contribution is 7.91. The van der Waals surface area contributed by atoms with Crippen molar-refractivity contribution in [3.05, 3.63) is 72.4 Å². The van der Waals surface area contributed by atoms with E-state index in [1.165, 1.54) is 16.2 Å². The van der Waals surface area contributed by atoms with E-state index >= 15 is 0 Å². The minimum absolute atomic E-state index is 0.204. The molecule has 3 aromatic rings. The second kappa shape index (κ2) is 9.50. The average molecular weight is 472 g/mol. The topological polar surface area (TPSA) is 90.8 Å². The number of hydrogen-bond donors (Lipinski definition) is 1. The Morgan fingerprint density at radius 1 is 1.12 bits per heavy atom. The molecular formula is C23H25N3O4S2. The van der Waals surface area contributed by atoms with Crippen molar-refractivity contribution in [1.29, 1.82) is 0 Å². The Hall–Kier alpha value is -2.59. The molecule has 1 saturated heterocycles. The van der Waals surface area contributed by atoms with Crippen LogP contribution in [0.1, 0.15) is 5.56 Å². The van der Waals surface area contributed by atoms with Crippen LogP contribution in [0, 0.1) is 5.92 Å². The second-order valence-corrected chi connectivity index (χ2v) is 11.1. The van der Waals surface area contributed by atoms with Crippen molar-refractivity contribution in [2.45, 2.75) is 11.8 Å². The molecule has 7 nitrogen and oxygen atoms in total. The van der Waals surface area contributed by atoms with E-state index in [0.717, 1.165) is 16.0 Å². The van der Waals surface area contributed by atoms with Gasteiger partial charge in [-0.3, -0.25) is 14.6 Å². The predicted molar refractivity (Wildman–Crippen MR) is 126 cm³/mol. The number of likely N-dealkylation sites (tertiary alicyclic amines) is 1. The van der Waals surface area contributed by atoms with Crippen LogP contribution in [0.25, 0.3) is 10.4 Å². The maximum Gasteiger partial charge on any atom is 0.234 e. The highest BCUT2D eigenvalue weighted by atomic mass is 32.2. The van der Waals surface area contributed by atoms with Crippen molar-refractivity contribution in [2.24, 2.45) is 5.92 Å². The number of benzene rings is 2. The van der Waals surface area contributed by atoms with Crippen molar-refractivity contribution in [2.75, 3.05) is 31.0 Å². The molecule has 0 bridgehead atoms. The summed E-state index contributed by atoms with van der Waals surface area (Å²) in [5.74, 6) is -2.05. The quantitative estimate of drug-likeness (QED) is 0.570. The van der Waals surface area contributed by atoms with E-state index in [1.54, 1.807) is 13.2 Å². The molecule has 168 valence electrons. The van der Waals surface area contributed by atoms with Crippen LogP contribution in [0.15, 0.2) is 66.9 Å². The number of rotatable bonds is 7. The summed E-state index contributed by atoms with van der Waals surface area (Å²) in [4.78, 5) is 22.1. The minimum Gasteiger partial charge on any atom is -0.380 e. The van der Waals surface area contributed by atoms with Crippen molar-refractivity contribution < 1.29 is 18.3 Å². The number of thiazole rings is 1. The second-order valence-electron chi connectivity index (χ2n) is 7.89. The monoisotopic (exact) mass is 471 g/mol. The summed E-state index contributed by atoms with van der Waals surface area (Å²) >= 11 is 1.38. The Morgan fingerprint density at radius 2 is 1.78 bits per heavy atom. The molecule has 2 atom stereocenters. The number of aliphatic hydroxyl groups excluding tert-OH is 1. The zero-order valence-corrected chi connectivity index (χ0v) is 19.3. The molecule has 4 rings (SSSR count). The Labute approximate surface area is 191 Å². The molecule has 32 heavy (non-hydrogen) atoms. The molecule has 1 aliphatic heterocycles. The van der Waals surface area contributed by atoms with Gasteiger partial charge in [-0.05, 0) is 11.1 Å². The molecule has 2 aromatic carbocycles. The zero-order valence-electron chi connectivity index (χ0n) is 17.7. The van der Waals surface area contributed by atoms with Gasteiger partial charge in [0.15, 0.2) is 15.0 Å². The first-order valence-corrected chi connectivity index (χ1v) is 12.8. The molecule has 9 heteroatoms. The fraction of sp³-hybridized carbons (Fsp3) is 0.304. The van der Waals surface area contributed by atoms with E-state index in [9.17, 15) is 18.3 Å². The molecule has 1 N–H and O–H groups in total. The normalized spacial score (nSPS) is 19.2. The molecule has 0 spiro atoms. The van der Waals surface area contributed by atoms with Crippen LogP contribution >= 0.6 is 11.3 Å². The molecule has 1 aromatic heterocycles. The number of aliphatic hydroxyl groups is 1. The number of carbonyl (C=O) groups excluding carboxylic acids is 1. The van der Waals surface area contributed by atoms with Gasteiger partial charge < -0.3 is 5.11 Å². The number of nitrogens with zero attached hydrogens (tertiary/aromatic N) is 3. The number of carbonyl (C=O) groups is 1. The summed E-state index contributed by atoms with van der Waals surface area (Å²) in [6.07, 6.45) is 1.72. The Bertz CT molecular complexity index is 1170. The number of amides is 1. The maximum absolute atomic E-state index is 13.4. The number of aromatic nitrogens is 1. The minimum atomic E-state index is -3.82. The van der Waals surface area contributed by atoms with Crippen LogP contribution in [0.4, 0.5) is 5.13 Å². The van der Waals surface area contributed by atoms with Gasteiger partial charge in [0.25, 0.3) is 0 Å². The first-order chi connectivity index (χ1) is 15.4. The lowest BCUT2D eigenvalue weighted by Gasteiger charge is -2.22. The molecule has 1 amide bonds. The van der Waals surface area contributed by atoms with Crippen molar-refractivity contribution in [3.8, 4) is 10.4 Å². The summed E-state index contributed by atoms with van der Waals surface area (Å²) in [5, 5.41) is 9.02. The maximum atomic E-state index is 13.4. The molecule has 1 aliphatic rings. The van der Waals surface area contributed by atoms with E-state index in [-0.39, 0.29) is 12.5 Å². The van der Waals surface area contributed by atoms with Crippen molar-refractivity contribution in [3.63, 3.8) is 0 Å². The standard InChI is InChI=1S/C23H25N3O4S2/c1-25(23-24-12-20(31-23)18-10-6-3-7-11-18)22(28)19-14-26(13-17-8-4-2-5-9-17)15-21(19)32(29,30)16-27/h2-12,19,21,27H,13-16H2,1H3. The van der Waals surface area contributed by atoms with Gasteiger partial charge in [-0.2, -0.15) is 0 Å². The first-order valence-electron chi connectivity index (χ1n) is 10.3. The zero-order chi connectivity index (χ0) is 22.7. The van der Waals surface area contributed by atoms with E-state index in [2.05, 4.69) is 4.98 Å². The van der Waals surface area contributed by atoms with Gasteiger partial charge in [-0.15, -0.1) is 0 Å². The fourth-order valence-corrected chi connectivity index (χ4v) is 6.24. The molecule has 0 aliphatic carbocycles. The van der Waals surface area contributed by atoms with E-state index in [1.807, 2.05) is 65.6 Å². The summed E-state index contributed by atoms with van der Waals surface area (Å²) in [6.45, 7) is 1.05. The Morgan fingerprint density at radius 3 is 2.44 bits per heavy atom. The lowest BCUT2D eigenvalue weighted by atomic mass is 10.1. The Kier molecular flexibility index (Phi) is 6.71. The van der Waals surface area contributed by atoms with Gasteiger partial charge >= 0.3 is 0 Å². The van der Waals surface area contributed by atoms with Crippen LogP contribution in [0.2, 0.25) is 0 Å². The first kappa shape index (κ1) is 22.6. The number of sulfone groups is 1. The average Bonchev–Trinajstić information content (AvgIpc) is 3.48. The van der Waals surface area contributed by atoms with Crippen molar-refractivity contribution in [1.82, 2.24) is 9.88 Å². The highest BCUT2D eigenvalue weighted by Gasteiger charge is 2.46. The van der Waals surface area contributed by atoms with Gasteiger partial charge in [-0.1, -0.05) is 72.0 Å². The highest BCUT2D eigenvalue weighted by Crippen LogP contribution is 2.33.